The van der Waals surface area contributed by atoms with Crippen molar-refractivity contribution in [1.82, 2.24) is 5.32 Å². The Labute approximate surface area is 136 Å². The van der Waals surface area contributed by atoms with Crippen molar-refractivity contribution in [3.8, 4) is 0 Å². The number of aliphatic hydroxyl groups excluding tert-OH is 1. The Hall–Kier alpha value is -1.66. The summed E-state index contributed by atoms with van der Waals surface area (Å²) in [6.45, 7) is 4.19. The lowest BCUT2D eigenvalue weighted by molar-refractivity contribution is -0.384. The highest BCUT2D eigenvalue weighted by atomic mass is 16.6. The van der Waals surface area contributed by atoms with Gasteiger partial charge in [-0.3, -0.25) is 10.1 Å². The van der Waals surface area contributed by atoms with Crippen LogP contribution >= 0.6 is 0 Å². The van der Waals surface area contributed by atoms with Crippen LogP contribution in [0.15, 0.2) is 24.3 Å². The molecule has 2 aliphatic rings. The van der Waals surface area contributed by atoms with Gasteiger partial charge >= 0.3 is 0 Å². The Morgan fingerprint density at radius 1 is 1.26 bits per heavy atom. The molecule has 3 rings (SSSR count). The van der Waals surface area contributed by atoms with Crippen molar-refractivity contribution in [3.63, 3.8) is 0 Å². The van der Waals surface area contributed by atoms with E-state index in [-0.39, 0.29) is 22.8 Å². The number of rotatable bonds is 6. The zero-order chi connectivity index (χ0) is 16.4. The van der Waals surface area contributed by atoms with Crippen LogP contribution in [0.2, 0.25) is 0 Å². The highest BCUT2D eigenvalue weighted by Crippen LogP contribution is 2.40. The molecule has 1 aromatic carbocycles. The second kappa shape index (κ2) is 6.45. The maximum Gasteiger partial charge on any atom is 0.269 e. The molecule has 0 bridgehead atoms. The lowest BCUT2D eigenvalue weighted by atomic mass is 9.93. The summed E-state index contributed by atoms with van der Waals surface area (Å²) in [4.78, 5) is 12.6. The van der Waals surface area contributed by atoms with Gasteiger partial charge in [-0.05, 0) is 50.7 Å². The Balaban J connectivity index is 1.54. The molecule has 6 heteroatoms. The molecule has 0 aromatic heterocycles. The van der Waals surface area contributed by atoms with Crippen LogP contribution in [0, 0.1) is 16.0 Å². The van der Waals surface area contributed by atoms with Crippen LogP contribution in [0.1, 0.15) is 32.6 Å². The normalized spacial score (nSPS) is 21.9. The second-order valence-electron chi connectivity index (χ2n) is 7.03. The number of anilines is 1. The van der Waals surface area contributed by atoms with E-state index in [1.807, 2.05) is 12.1 Å². The van der Waals surface area contributed by atoms with Crippen molar-refractivity contribution in [2.75, 3.05) is 24.6 Å². The first kappa shape index (κ1) is 16.2. The topological polar surface area (TPSA) is 78.6 Å². The van der Waals surface area contributed by atoms with Crippen LogP contribution in [0.5, 0.6) is 0 Å². The number of hydrogen-bond acceptors (Lipinski definition) is 5. The van der Waals surface area contributed by atoms with Gasteiger partial charge in [-0.25, -0.2) is 0 Å². The third kappa shape index (κ3) is 3.64. The molecule has 2 N–H and O–H groups in total. The predicted molar refractivity (Wildman–Crippen MR) is 89.7 cm³/mol. The van der Waals surface area contributed by atoms with Gasteiger partial charge in [0, 0.05) is 42.5 Å². The first-order valence-electron chi connectivity index (χ1n) is 8.40. The molecular formula is C17H25N3O3. The monoisotopic (exact) mass is 319 g/mol. The van der Waals surface area contributed by atoms with Crippen LogP contribution in [0.3, 0.4) is 0 Å². The van der Waals surface area contributed by atoms with Crippen molar-refractivity contribution < 1.29 is 10.0 Å². The summed E-state index contributed by atoms with van der Waals surface area (Å²) in [7, 11) is 0. The molecule has 1 atom stereocenters. The van der Waals surface area contributed by atoms with Crippen LogP contribution < -0.4 is 10.2 Å². The molecule has 6 nitrogen and oxygen atoms in total. The number of nitrogens with one attached hydrogen (secondary N) is 1. The van der Waals surface area contributed by atoms with Gasteiger partial charge in [-0.15, -0.1) is 0 Å². The van der Waals surface area contributed by atoms with E-state index < -0.39 is 0 Å². The summed E-state index contributed by atoms with van der Waals surface area (Å²) in [5.41, 5.74) is 1.04. The summed E-state index contributed by atoms with van der Waals surface area (Å²) < 4.78 is 0. The van der Waals surface area contributed by atoms with Gasteiger partial charge in [-0.2, -0.15) is 0 Å². The van der Waals surface area contributed by atoms with Gasteiger partial charge in [0.2, 0.25) is 0 Å². The van der Waals surface area contributed by atoms with E-state index >= 15 is 0 Å². The van der Waals surface area contributed by atoms with Gasteiger partial charge in [0.25, 0.3) is 5.69 Å². The Morgan fingerprint density at radius 2 is 1.87 bits per heavy atom. The standard InChI is InChI=1S/C17H25N3O3/c1-17(12-21,13-2-3-13)18-14-8-10-19(11-9-14)15-4-6-16(7-5-15)20(22)23/h4-7,13-14,18,21H,2-3,8-12H2,1H3. The molecule has 2 fully saturated rings. The molecule has 0 amide bonds. The maximum absolute atomic E-state index is 10.7. The summed E-state index contributed by atoms with van der Waals surface area (Å²) in [5, 5.41) is 24.1. The number of nitro benzene ring substituents is 1. The molecule has 0 spiro atoms. The Bertz CT molecular complexity index is 551. The SMILES string of the molecule is CC(CO)(NC1CCN(c2ccc([N+](=O)[O-])cc2)CC1)C1CC1. The van der Waals surface area contributed by atoms with Gasteiger partial charge in [0.05, 0.1) is 11.5 Å². The maximum atomic E-state index is 10.7. The molecule has 23 heavy (non-hydrogen) atoms. The number of hydrogen-bond donors (Lipinski definition) is 2. The fraction of sp³-hybridized carbons (Fsp3) is 0.647. The average Bonchev–Trinajstić information content (AvgIpc) is 3.41. The number of nitrogens with zero attached hydrogens (tertiary/aromatic N) is 2. The zero-order valence-electron chi connectivity index (χ0n) is 13.6. The molecule has 1 aliphatic heterocycles. The minimum Gasteiger partial charge on any atom is -0.394 e. The van der Waals surface area contributed by atoms with E-state index in [0.29, 0.717) is 12.0 Å². The summed E-state index contributed by atoms with van der Waals surface area (Å²) in [6.07, 6.45) is 4.48. The largest absolute Gasteiger partial charge is 0.394 e. The molecule has 0 radical (unpaired) electrons. The van der Waals surface area contributed by atoms with E-state index in [1.165, 1.54) is 12.8 Å². The van der Waals surface area contributed by atoms with E-state index in [0.717, 1.165) is 31.6 Å². The summed E-state index contributed by atoms with van der Waals surface area (Å²) >= 11 is 0. The van der Waals surface area contributed by atoms with Gasteiger partial charge in [0.1, 0.15) is 0 Å². The van der Waals surface area contributed by atoms with E-state index in [1.54, 1.807) is 12.1 Å². The Kier molecular flexibility index (Phi) is 4.55. The summed E-state index contributed by atoms with van der Waals surface area (Å²) in [6, 6.07) is 7.22. The van der Waals surface area contributed by atoms with Crippen LogP contribution in [-0.4, -0.2) is 41.3 Å². The van der Waals surface area contributed by atoms with Crippen LogP contribution in [0.4, 0.5) is 11.4 Å². The first-order chi connectivity index (χ1) is 11.0. The van der Waals surface area contributed by atoms with Gasteiger partial charge < -0.3 is 15.3 Å². The predicted octanol–water partition coefficient (Wildman–Crippen LogP) is 2.31. The third-order valence-corrected chi connectivity index (χ3v) is 5.26. The van der Waals surface area contributed by atoms with Crippen LogP contribution in [0.25, 0.3) is 0 Å². The van der Waals surface area contributed by atoms with E-state index in [9.17, 15) is 15.2 Å². The first-order valence-corrected chi connectivity index (χ1v) is 8.40. The van der Waals surface area contributed by atoms with Crippen molar-refractivity contribution in [2.45, 2.75) is 44.2 Å². The number of benzene rings is 1. The zero-order valence-corrected chi connectivity index (χ0v) is 13.6. The minimum atomic E-state index is -0.368. The van der Waals surface area contributed by atoms with E-state index in [4.69, 9.17) is 0 Å². The fourth-order valence-corrected chi connectivity index (χ4v) is 3.55. The van der Waals surface area contributed by atoms with Crippen molar-refractivity contribution in [1.29, 1.82) is 0 Å². The fourth-order valence-electron chi connectivity index (χ4n) is 3.55. The van der Waals surface area contributed by atoms with Crippen molar-refractivity contribution in [2.24, 2.45) is 5.92 Å². The highest BCUT2D eigenvalue weighted by molar-refractivity contribution is 5.51. The number of non-ortho nitro benzene ring substituents is 1. The number of piperidine rings is 1. The molecule has 1 heterocycles. The number of aliphatic hydroxyl groups is 1. The van der Waals surface area contributed by atoms with Crippen LogP contribution in [-0.2, 0) is 0 Å². The molecule has 1 aromatic rings. The molecule has 126 valence electrons. The molecule has 1 aliphatic carbocycles. The van der Waals surface area contributed by atoms with Gasteiger partial charge in [-0.1, -0.05) is 0 Å². The second-order valence-corrected chi connectivity index (χ2v) is 7.03. The molecular weight excluding hydrogens is 294 g/mol. The minimum absolute atomic E-state index is 0.133. The average molecular weight is 319 g/mol. The van der Waals surface area contributed by atoms with E-state index in [2.05, 4.69) is 17.1 Å². The van der Waals surface area contributed by atoms with Gasteiger partial charge in [0.15, 0.2) is 0 Å². The van der Waals surface area contributed by atoms with Crippen molar-refractivity contribution >= 4 is 11.4 Å². The van der Waals surface area contributed by atoms with Crippen molar-refractivity contribution in [3.05, 3.63) is 34.4 Å². The third-order valence-electron chi connectivity index (χ3n) is 5.26. The smallest absolute Gasteiger partial charge is 0.269 e. The molecule has 1 saturated carbocycles. The quantitative estimate of drug-likeness (QED) is 0.621. The molecule has 1 unspecified atom stereocenters. The lowest BCUT2D eigenvalue weighted by Crippen LogP contribution is -2.55. The molecule has 1 saturated heterocycles. The Morgan fingerprint density at radius 3 is 2.35 bits per heavy atom. The highest BCUT2D eigenvalue weighted by Gasteiger charge is 2.42. The lowest BCUT2D eigenvalue weighted by Gasteiger charge is -2.39. The summed E-state index contributed by atoms with van der Waals surface area (Å²) in [5.74, 6) is 0.611. The number of nitro groups is 1.